The molecule has 2 aromatic carbocycles. The molecule has 1 unspecified atom stereocenters. The zero-order valence-corrected chi connectivity index (χ0v) is 14.5. The fourth-order valence-corrected chi connectivity index (χ4v) is 2.93. The highest BCUT2D eigenvalue weighted by Gasteiger charge is 2.17. The van der Waals surface area contributed by atoms with Crippen LogP contribution in [0.1, 0.15) is 11.4 Å². The molecular formula is C19H18ClN4O+. The highest BCUT2D eigenvalue weighted by molar-refractivity contribution is 6.31. The van der Waals surface area contributed by atoms with Crippen molar-refractivity contribution in [3.63, 3.8) is 0 Å². The number of rotatable bonds is 5. The quantitative estimate of drug-likeness (QED) is 0.487. The lowest BCUT2D eigenvalue weighted by Crippen LogP contribution is -3.07. The van der Waals surface area contributed by atoms with E-state index in [1.54, 1.807) is 0 Å². The molecule has 0 radical (unpaired) electrons. The van der Waals surface area contributed by atoms with Crippen molar-refractivity contribution >= 4 is 28.2 Å². The summed E-state index contributed by atoms with van der Waals surface area (Å²) in [4.78, 5) is 8.47. The molecule has 0 fully saturated rings. The van der Waals surface area contributed by atoms with Crippen LogP contribution in [0.15, 0.2) is 54.3 Å². The summed E-state index contributed by atoms with van der Waals surface area (Å²) in [6.07, 6.45) is 0. The molecule has 0 saturated carbocycles. The van der Waals surface area contributed by atoms with Gasteiger partial charge in [0.15, 0.2) is 11.6 Å². The predicted octanol–water partition coefficient (Wildman–Crippen LogP) is 2.72. The normalized spacial score (nSPS) is 13.3. The standard InChI is InChI=1S/C19H17ClN4O/c1-24(11-13-6-2-3-7-15(13)20)12-18(25)14(10-21)19-22-16-8-4-5-9-17(16)23-19/h2-9,25H,11-12H2,1H3,(H,22,23)/p+1/b18-14-. The topological polar surface area (TPSA) is 77.1 Å². The minimum absolute atomic E-state index is 0.00566. The number of halogens is 1. The van der Waals surface area contributed by atoms with E-state index in [9.17, 15) is 10.4 Å². The molecule has 0 bridgehead atoms. The van der Waals surface area contributed by atoms with Gasteiger partial charge in [-0.15, -0.1) is 0 Å². The summed E-state index contributed by atoms with van der Waals surface area (Å²) in [5.41, 5.74) is 2.75. The van der Waals surface area contributed by atoms with Gasteiger partial charge in [0, 0.05) is 10.6 Å². The minimum atomic E-state index is 0.00566. The zero-order chi connectivity index (χ0) is 17.8. The zero-order valence-electron chi connectivity index (χ0n) is 13.8. The van der Waals surface area contributed by atoms with Crippen LogP contribution in [0.4, 0.5) is 0 Å². The number of hydrogen-bond acceptors (Lipinski definition) is 3. The van der Waals surface area contributed by atoms with E-state index in [0.717, 1.165) is 21.5 Å². The Morgan fingerprint density at radius 2 is 1.96 bits per heavy atom. The van der Waals surface area contributed by atoms with Gasteiger partial charge in [0.05, 0.1) is 18.1 Å². The summed E-state index contributed by atoms with van der Waals surface area (Å²) in [7, 11) is 1.94. The average Bonchev–Trinajstić information content (AvgIpc) is 3.01. The Morgan fingerprint density at radius 3 is 2.68 bits per heavy atom. The first kappa shape index (κ1) is 17.0. The maximum Gasteiger partial charge on any atom is 0.169 e. The molecule has 1 heterocycles. The van der Waals surface area contributed by atoms with Crippen LogP contribution in [0, 0.1) is 11.3 Å². The molecule has 3 aromatic rings. The van der Waals surface area contributed by atoms with Gasteiger partial charge in [-0.2, -0.15) is 5.26 Å². The lowest BCUT2D eigenvalue weighted by atomic mass is 10.2. The van der Waals surface area contributed by atoms with Crippen molar-refractivity contribution in [1.29, 1.82) is 5.26 Å². The molecule has 1 aromatic heterocycles. The van der Waals surface area contributed by atoms with Gasteiger partial charge in [-0.05, 0) is 18.2 Å². The number of para-hydroxylation sites is 2. The number of benzene rings is 2. The molecule has 0 spiro atoms. The van der Waals surface area contributed by atoms with E-state index >= 15 is 0 Å². The fraction of sp³-hybridized carbons (Fsp3) is 0.158. The molecule has 1 atom stereocenters. The number of aromatic nitrogens is 2. The van der Waals surface area contributed by atoms with Gasteiger partial charge in [0.1, 0.15) is 24.7 Å². The van der Waals surface area contributed by atoms with E-state index in [1.165, 1.54) is 0 Å². The summed E-state index contributed by atoms with van der Waals surface area (Å²) >= 11 is 6.18. The van der Waals surface area contributed by atoms with Gasteiger partial charge in [0.25, 0.3) is 0 Å². The highest BCUT2D eigenvalue weighted by atomic mass is 35.5. The minimum Gasteiger partial charge on any atom is -0.506 e. The lowest BCUT2D eigenvalue weighted by molar-refractivity contribution is -0.890. The second-order valence-corrected chi connectivity index (χ2v) is 6.35. The van der Waals surface area contributed by atoms with Gasteiger partial charge >= 0.3 is 0 Å². The van der Waals surface area contributed by atoms with Crippen LogP contribution in [-0.2, 0) is 6.54 Å². The summed E-state index contributed by atoms with van der Waals surface area (Å²) in [6, 6.07) is 17.2. The predicted molar refractivity (Wildman–Crippen MR) is 98.2 cm³/mol. The van der Waals surface area contributed by atoms with Gasteiger partial charge < -0.3 is 15.0 Å². The molecule has 0 amide bonds. The van der Waals surface area contributed by atoms with Crippen molar-refractivity contribution in [1.82, 2.24) is 9.97 Å². The number of nitriles is 1. The largest absolute Gasteiger partial charge is 0.506 e. The fourth-order valence-electron chi connectivity index (χ4n) is 2.73. The van der Waals surface area contributed by atoms with Crippen LogP contribution in [0.3, 0.4) is 0 Å². The molecule has 0 aliphatic carbocycles. The summed E-state index contributed by atoms with van der Waals surface area (Å²) in [5.74, 6) is 0.387. The molecule has 25 heavy (non-hydrogen) atoms. The van der Waals surface area contributed by atoms with E-state index in [0.29, 0.717) is 23.9 Å². The van der Waals surface area contributed by atoms with Crippen molar-refractivity contribution in [3.8, 4) is 6.07 Å². The van der Waals surface area contributed by atoms with Gasteiger partial charge in [-0.25, -0.2) is 4.98 Å². The Hall–Kier alpha value is -2.81. The number of aliphatic hydroxyl groups excluding tert-OH is 1. The third kappa shape index (κ3) is 3.82. The van der Waals surface area contributed by atoms with E-state index in [1.807, 2.05) is 55.6 Å². The third-order valence-electron chi connectivity index (χ3n) is 3.95. The van der Waals surface area contributed by atoms with E-state index in [4.69, 9.17) is 11.6 Å². The lowest BCUT2D eigenvalue weighted by Gasteiger charge is -2.14. The maximum atomic E-state index is 10.4. The van der Waals surface area contributed by atoms with Crippen LogP contribution in [0.5, 0.6) is 0 Å². The number of allylic oxidation sites excluding steroid dienone is 1. The molecule has 3 N–H and O–H groups in total. The number of hydrogen-bond donors (Lipinski definition) is 3. The highest BCUT2D eigenvalue weighted by Crippen LogP contribution is 2.18. The van der Waals surface area contributed by atoms with E-state index < -0.39 is 0 Å². The molecule has 126 valence electrons. The van der Waals surface area contributed by atoms with Crippen LogP contribution in [-0.4, -0.2) is 28.7 Å². The van der Waals surface area contributed by atoms with E-state index in [2.05, 4.69) is 16.0 Å². The van der Waals surface area contributed by atoms with Crippen molar-refractivity contribution < 1.29 is 10.0 Å². The number of likely N-dealkylation sites (N-methyl/N-ethyl adjacent to an activating group) is 1. The Balaban J connectivity index is 1.82. The van der Waals surface area contributed by atoms with Crippen LogP contribution in [0.2, 0.25) is 5.02 Å². The molecule has 5 nitrogen and oxygen atoms in total. The van der Waals surface area contributed by atoms with Crippen molar-refractivity contribution in [2.75, 3.05) is 13.6 Å². The Morgan fingerprint density at radius 1 is 1.24 bits per heavy atom. The number of quaternary nitrogens is 1. The second kappa shape index (κ2) is 7.39. The summed E-state index contributed by atoms with van der Waals surface area (Å²) < 4.78 is 0. The molecule has 0 aliphatic heterocycles. The molecule has 6 heteroatoms. The monoisotopic (exact) mass is 353 g/mol. The molecule has 0 saturated heterocycles. The number of fused-ring (bicyclic) bond motifs is 1. The van der Waals surface area contributed by atoms with Crippen molar-refractivity contribution in [3.05, 3.63) is 70.7 Å². The van der Waals surface area contributed by atoms with Gasteiger partial charge in [-0.3, -0.25) is 0 Å². The first-order valence-electron chi connectivity index (χ1n) is 7.90. The average molecular weight is 354 g/mol. The number of imidazole rings is 1. The number of aromatic amines is 1. The first-order chi connectivity index (χ1) is 12.1. The number of H-pyrrole nitrogens is 1. The third-order valence-corrected chi connectivity index (χ3v) is 4.31. The second-order valence-electron chi connectivity index (χ2n) is 5.94. The molecular weight excluding hydrogens is 336 g/mol. The van der Waals surface area contributed by atoms with Gasteiger partial charge in [-0.1, -0.05) is 41.9 Å². The summed E-state index contributed by atoms with van der Waals surface area (Å²) in [5, 5.41) is 20.6. The summed E-state index contributed by atoms with van der Waals surface area (Å²) in [6.45, 7) is 0.938. The Labute approximate surface area is 150 Å². The van der Waals surface area contributed by atoms with Crippen LogP contribution in [0.25, 0.3) is 16.6 Å². The number of nitrogens with one attached hydrogen (secondary N) is 2. The smallest absolute Gasteiger partial charge is 0.169 e. The SMILES string of the molecule is C[NH+](C/C(O)=C(\C#N)c1nc2ccccc2[nH]1)Cc1ccccc1Cl. The Bertz CT molecular complexity index is 938. The number of nitrogens with zero attached hydrogens (tertiary/aromatic N) is 2. The number of aliphatic hydroxyl groups is 1. The van der Waals surface area contributed by atoms with E-state index in [-0.39, 0.29) is 11.3 Å². The maximum absolute atomic E-state index is 10.4. The van der Waals surface area contributed by atoms with Crippen LogP contribution >= 0.6 is 11.6 Å². The molecule has 3 rings (SSSR count). The van der Waals surface area contributed by atoms with Crippen molar-refractivity contribution in [2.24, 2.45) is 0 Å². The van der Waals surface area contributed by atoms with Crippen molar-refractivity contribution in [2.45, 2.75) is 6.54 Å². The van der Waals surface area contributed by atoms with Crippen LogP contribution < -0.4 is 4.90 Å². The first-order valence-corrected chi connectivity index (χ1v) is 8.28. The Kier molecular flexibility index (Phi) is 5.03. The van der Waals surface area contributed by atoms with Gasteiger partial charge in [0.2, 0.25) is 0 Å². The molecule has 0 aliphatic rings.